The van der Waals surface area contributed by atoms with Gasteiger partial charge in [-0.1, -0.05) is 5.92 Å². The smallest absolute Gasteiger partial charge is 0.453 e. The Hall–Kier alpha value is -2.80. The first kappa shape index (κ1) is 18.5. The van der Waals surface area contributed by atoms with Gasteiger partial charge in [-0.15, -0.1) is 11.5 Å². The average Bonchev–Trinajstić information content (AvgIpc) is 2.93. The molecule has 0 aliphatic rings. The molecule has 0 amide bonds. The molecule has 0 spiro atoms. The highest BCUT2D eigenvalue weighted by Crippen LogP contribution is 2.29. The molecule has 1 N–H and O–H groups in total. The molecule has 0 aliphatic heterocycles. The predicted molar refractivity (Wildman–Crippen MR) is 87.3 cm³/mol. The molecule has 2 rings (SSSR count). The molecule has 10 heteroatoms. The molecule has 0 bridgehead atoms. The summed E-state index contributed by atoms with van der Waals surface area (Å²) < 4.78 is 49.5. The second kappa shape index (κ2) is 7.85. The number of nitrogens with zero attached hydrogens (tertiary/aromatic N) is 3. The van der Waals surface area contributed by atoms with Crippen molar-refractivity contribution in [3.63, 3.8) is 0 Å². The summed E-state index contributed by atoms with van der Waals surface area (Å²) in [5.74, 6) is 1.91. The van der Waals surface area contributed by atoms with Crippen molar-refractivity contribution in [1.29, 1.82) is 0 Å². The number of benzene rings is 1. The first-order valence-electron chi connectivity index (χ1n) is 6.99. The number of hydrogen-bond donors (Lipinski definition) is 1. The number of halogens is 3. The van der Waals surface area contributed by atoms with E-state index in [4.69, 9.17) is 28.1 Å². The Bertz CT molecular complexity index is 865. The van der Waals surface area contributed by atoms with Gasteiger partial charge >= 0.3 is 6.18 Å². The third kappa shape index (κ3) is 4.60. The minimum Gasteiger partial charge on any atom is -0.490 e. The Morgan fingerprint density at radius 1 is 1.40 bits per heavy atom. The third-order valence-corrected chi connectivity index (χ3v) is 3.07. The second-order valence-electron chi connectivity index (χ2n) is 4.54. The van der Waals surface area contributed by atoms with Crippen LogP contribution >= 0.6 is 12.2 Å². The van der Waals surface area contributed by atoms with Crippen molar-refractivity contribution in [3.05, 3.63) is 34.4 Å². The minimum absolute atomic E-state index is 0.0621. The second-order valence-corrected chi connectivity index (χ2v) is 4.93. The largest absolute Gasteiger partial charge is 0.490 e. The van der Waals surface area contributed by atoms with Crippen LogP contribution in [0, 0.1) is 17.1 Å². The summed E-state index contributed by atoms with van der Waals surface area (Å²) in [4.78, 5) is 0. The van der Waals surface area contributed by atoms with Crippen LogP contribution in [0.15, 0.2) is 23.3 Å². The molecule has 1 heterocycles. The number of H-pyrrole nitrogens is 1. The number of nitrogens with one attached hydrogen (secondary N) is 1. The van der Waals surface area contributed by atoms with Crippen LogP contribution in [-0.2, 0) is 6.18 Å². The molecule has 0 saturated carbocycles. The van der Waals surface area contributed by atoms with E-state index in [1.807, 2.05) is 0 Å². The van der Waals surface area contributed by atoms with Gasteiger partial charge in [-0.05, 0) is 42.9 Å². The van der Waals surface area contributed by atoms with Crippen molar-refractivity contribution in [3.8, 4) is 23.8 Å². The van der Waals surface area contributed by atoms with Crippen molar-refractivity contribution in [2.75, 3.05) is 13.2 Å². The molecule has 2 aromatic rings. The number of aromatic amines is 1. The van der Waals surface area contributed by atoms with Gasteiger partial charge < -0.3 is 9.47 Å². The molecule has 1 aromatic carbocycles. The monoisotopic (exact) mass is 370 g/mol. The lowest BCUT2D eigenvalue weighted by Gasteiger charge is -2.10. The van der Waals surface area contributed by atoms with Gasteiger partial charge in [0.25, 0.3) is 5.82 Å². The topological polar surface area (TPSA) is 64.4 Å². The zero-order valence-electron chi connectivity index (χ0n) is 13.0. The molecular formula is C15H13F3N4O2S. The zero-order valence-corrected chi connectivity index (χ0v) is 13.8. The molecular weight excluding hydrogens is 357 g/mol. The van der Waals surface area contributed by atoms with Gasteiger partial charge in [0.1, 0.15) is 6.61 Å². The summed E-state index contributed by atoms with van der Waals surface area (Å²) in [6, 6.07) is 4.74. The van der Waals surface area contributed by atoms with Gasteiger partial charge in [0.2, 0.25) is 4.77 Å². The van der Waals surface area contributed by atoms with Crippen molar-refractivity contribution < 1.29 is 22.6 Å². The van der Waals surface area contributed by atoms with Gasteiger partial charge in [-0.3, -0.25) is 0 Å². The standard InChI is InChI=1S/C15H13F3N4O2S/c1-3-7-24-11-6-5-10(8-12(11)23-4-2)9-19-22-13(15(16,17)18)20-21-14(22)25/h1,5-6,8-9H,4,7H2,2H3,(H,21,25)/b19-9-. The third-order valence-electron chi connectivity index (χ3n) is 2.80. The summed E-state index contributed by atoms with van der Waals surface area (Å²) >= 11 is 4.76. The van der Waals surface area contributed by atoms with Gasteiger partial charge in [-0.2, -0.15) is 22.9 Å². The summed E-state index contributed by atoms with van der Waals surface area (Å²) in [7, 11) is 0. The molecule has 0 aliphatic carbocycles. The molecule has 6 nitrogen and oxygen atoms in total. The molecule has 0 unspecified atom stereocenters. The molecule has 132 valence electrons. The van der Waals surface area contributed by atoms with E-state index in [1.54, 1.807) is 25.1 Å². The molecule has 25 heavy (non-hydrogen) atoms. The highest BCUT2D eigenvalue weighted by atomic mass is 32.1. The summed E-state index contributed by atoms with van der Waals surface area (Å²) in [6.07, 6.45) is 1.66. The maximum atomic E-state index is 12.8. The van der Waals surface area contributed by atoms with Crippen LogP contribution < -0.4 is 9.47 Å². The lowest BCUT2D eigenvalue weighted by atomic mass is 10.2. The van der Waals surface area contributed by atoms with E-state index in [2.05, 4.69) is 21.2 Å². The predicted octanol–water partition coefficient (Wildman–Crippen LogP) is 3.25. The fraction of sp³-hybridized carbons (Fsp3) is 0.267. The van der Waals surface area contributed by atoms with Crippen LogP contribution in [0.1, 0.15) is 18.3 Å². The summed E-state index contributed by atoms with van der Waals surface area (Å²) in [5.41, 5.74) is 0.479. The van der Waals surface area contributed by atoms with E-state index in [1.165, 1.54) is 6.21 Å². The number of ether oxygens (including phenoxy) is 2. The van der Waals surface area contributed by atoms with Crippen LogP contribution in [0.5, 0.6) is 11.5 Å². The minimum atomic E-state index is -4.69. The Kier molecular flexibility index (Phi) is 5.82. The van der Waals surface area contributed by atoms with E-state index in [0.29, 0.717) is 28.3 Å². The Morgan fingerprint density at radius 3 is 2.80 bits per heavy atom. The van der Waals surface area contributed by atoms with Crippen LogP contribution in [0.4, 0.5) is 13.2 Å². The molecule has 1 aromatic heterocycles. The summed E-state index contributed by atoms with van der Waals surface area (Å²) in [5, 5.41) is 8.94. The maximum absolute atomic E-state index is 12.8. The Balaban J connectivity index is 2.33. The van der Waals surface area contributed by atoms with Crippen LogP contribution in [0.2, 0.25) is 0 Å². The normalized spacial score (nSPS) is 11.5. The van der Waals surface area contributed by atoms with E-state index in [9.17, 15) is 13.2 Å². The van der Waals surface area contributed by atoms with Gasteiger partial charge in [0.05, 0.1) is 12.8 Å². The van der Waals surface area contributed by atoms with Crippen molar-refractivity contribution in [2.24, 2.45) is 5.10 Å². The van der Waals surface area contributed by atoms with Gasteiger partial charge in [-0.25, -0.2) is 5.10 Å². The lowest BCUT2D eigenvalue weighted by Crippen LogP contribution is -2.12. The van der Waals surface area contributed by atoms with Gasteiger partial charge in [0, 0.05) is 0 Å². The molecule has 0 atom stereocenters. The highest BCUT2D eigenvalue weighted by molar-refractivity contribution is 7.71. The average molecular weight is 370 g/mol. The molecule has 0 saturated heterocycles. The first-order chi connectivity index (χ1) is 11.9. The Morgan fingerprint density at radius 2 is 2.16 bits per heavy atom. The van der Waals surface area contributed by atoms with Crippen molar-refractivity contribution >= 4 is 18.4 Å². The zero-order chi connectivity index (χ0) is 18.4. The van der Waals surface area contributed by atoms with Crippen LogP contribution in [0.3, 0.4) is 0 Å². The van der Waals surface area contributed by atoms with Crippen molar-refractivity contribution in [1.82, 2.24) is 14.9 Å². The number of alkyl halides is 3. The quantitative estimate of drug-likeness (QED) is 0.482. The lowest BCUT2D eigenvalue weighted by molar-refractivity contribution is -0.147. The van der Waals surface area contributed by atoms with E-state index >= 15 is 0 Å². The van der Waals surface area contributed by atoms with Crippen LogP contribution in [-0.4, -0.2) is 34.3 Å². The van der Waals surface area contributed by atoms with E-state index < -0.39 is 12.0 Å². The fourth-order valence-electron chi connectivity index (χ4n) is 1.82. The van der Waals surface area contributed by atoms with Gasteiger partial charge in [0.15, 0.2) is 11.5 Å². The summed E-state index contributed by atoms with van der Waals surface area (Å²) in [6.45, 7) is 2.22. The van der Waals surface area contributed by atoms with E-state index in [-0.39, 0.29) is 11.4 Å². The number of hydrogen-bond acceptors (Lipinski definition) is 5. The SMILES string of the molecule is C#CCOc1ccc(/C=N\n2c(C(F)(F)F)n[nH]c2=S)cc1OCC. The number of terminal acetylenes is 1. The van der Waals surface area contributed by atoms with E-state index in [0.717, 1.165) is 0 Å². The van der Waals surface area contributed by atoms with Crippen molar-refractivity contribution in [2.45, 2.75) is 13.1 Å². The number of aromatic nitrogens is 3. The molecule has 0 radical (unpaired) electrons. The Labute approximate surface area is 146 Å². The number of rotatable bonds is 6. The van der Waals surface area contributed by atoms with Crippen LogP contribution in [0.25, 0.3) is 0 Å². The fourth-order valence-corrected chi connectivity index (χ4v) is 2.00. The highest BCUT2D eigenvalue weighted by Gasteiger charge is 2.37. The first-order valence-corrected chi connectivity index (χ1v) is 7.39. The molecule has 0 fully saturated rings. The maximum Gasteiger partial charge on any atom is 0.453 e.